The Morgan fingerprint density at radius 3 is 2.61 bits per heavy atom. The predicted octanol–water partition coefficient (Wildman–Crippen LogP) is 3.95. The number of nitrogens with zero attached hydrogens (tertiary/aromatic N) is 2. The average molecular weight is 374 g/mol. The molecule has 1 heterocycles. The van der Waals surface area contributed by atoms with E-state index in [0.29, 0.717) is 22.3 Å². The van der Waals surface area contributed by atoms with Crippen LogP contribution in [0.1, 0.15) is 44.5 Å². The number of hydrogen-bond donors (Lipinski definition) is 0. The molecule has 28 heavy (non-hydrogen) atoms. The maximum atomic E-state index is 12.5. The second-order valence-corrected chi connectivity index (χ2v) is 6.06. The molecular formula is C22H18N2O4. The quantitative estimate of drug-likeness (QED) is 0.628. The van der Waals surface area contributed by atoms with Gasteiger partial charge >= 0.3 is 11.9 Å². The standard InChI is InChI=1S/C22H18N2O4/c1-3-27-22(26)20-14(2)17-9-4-5-10-18(17)24-19(20)13-28-21(25)16-8-6-7-15(11-16)12-23/h4-11H,3,13H2,1-2H3. The molecule has 0 bridgehead atoms. The van der Waals surface area contributed by atoms with Crippen molar-refractivity contribution in [1.29, 1.82) is 5.26 Å². The minimum atomic E-state index is -0.598. The summed E-state index contributed by atoms with van der Waals surface area (Å²) >= 11 is 0. The first-order valence-electron chi connectivity index (χ1n) is 8.77. The van der Waals surface area contributed by atoms with Crippen LogP contribution in [-0.2, 0) is 16.1 Å². The summed E-state index contributed by atoms with van der Waals surface area (Å²) in [6.07, 6.45) is 0. The van der Waals surface area contributed by atoms with E-state index in [4.69, 9.17) is 14.7 Å². The van der Waals surface area contributed by atoms with Crippen LogP contribution in [0.25, 0.3) is 10.9 Å². The highest BCUT2D eigenvalue weighted by Gasteiger charge is 2.21. The third-order valence-corrected chi connectivity index (χ3v) is 4.27. The maximum Gasteiger partial charge on any atom is 0.340 e. The van der Waals surface area contributed by atoms with E-state index in [-0.39, 0.29) is 18.8 Å². The van der Waals surface area contributed by atoms with E-state index in [1.54, 1.807) is 25.1 Å². The molecular weight excluding hydrogens is 356 g/mol. The van der Waals surface area contributed by atoms with E-state index >= 15 is 0 Å². The highest BCUT2D eigenvalue weighted by molar-refractivity contribution is 5.98. The molecule has 0 saturated heterocycles. The Morgan fingerprint density at radius 2 is 1.86 bits per heavy atom. The van der Waals surface area contributed by atoms with E-state index in [0.717, 1.165) is 10.9 Å². The van der Waals surface area contributed by atoms with E-state index in [2.05, 4.69) is 4.98 Å². The summed E-state index contributed by atoms with van der Waals surface area (Å²) in [4.78, 5) is 29.4. The van der Waals surface area contributed by atoms with Gasteiger partial charge in [-0.15, -0.1) is 0 Å². The number of aryl methyl sites for hydroxylation is 1. The molecule has 6 nitrogen and oxygen atoms in total. The Morgan fingerprint density at radius 1 is 1.07 bits per heavy atom. The highest BCUT2D eigenvalue weighted by atomic mass is 16.5. The summed E-state index contributed by atoms with van der Waals surface area (Å²) in [7, 11) is 0. The zero-order valence-electron chi connectivity index (χ0n) is 15.6. The van der Waals surface area contributed by atoms with Crippen LogP contribution in [0.4, 0.5) is 0 Å². The Bertz CT molecular complexity index is 1100. The maximum absolute atomic E-state index is 12.5. The van der Waals surface area contributed by atoms with Crippen molar-refractivity contribution in [3.63, 3.8) is 0 Å². The topological polar surface area (TPSA) is 89.3 Å². The van der Waals surface area contributed by atoms with Gasteiger partial charge in [-0.1, -0.05) is 24.3 Å². The zero-order chi connectivity index (χ0) is 20.1. The minimum absolute atomic E-state index is 0.185. The number of fused-ring (bicyclic) bond motifs is 1. The first-order valence-corrected chi connectivity index (χ1v) is 8.77. The van der Waals surface area contributed by atoms with Gasteiger partial charge in [-0.05, 0) is 43.7 Å². The summed E-state index contributed by atoms with van der Waals surface area (Å²) in [6, 6.07) is 15.6. The molecule has 0 spiro atoms. The van der Waals surface area contributed by atoms with Gasteiger partial charge in [0.2, 0.25) is 0 Å². The SMILES string of the molecule is CCOC(=O)c1c(COC(=O)c2cccc(C#N)c2)nc2ccccc2c1C. The van der Waals surface area contributed by atoms with Crippen LogP contribution in [0.3, 0.4) is 0 Å². The predicted molar refractivity (Wildman–Crippen MR) is 103 cm³/mol. The fraction of sp³-hybridized carbons (Fsp3) is 0.182. The number of benzene rings is 2. The number of nitriles is 1. The van der Waals surface area contributed by atoms with Gasteiger partial charge in [0.25, 0.3) is 0 Å². The number of para-hydroxylation sites is 1. The van der Waals surface area contributed by atoms with Crippen LogP contribution in [-0.4, -0.2) is 23.5 Å². The lowest BCUT2D eigenvalue weighted by Crippen LogP contribution is -2.15. The Kier molecular flexibility index (Phi) is 5.66. The molecule has 0 aliphatic carbocycles. The molecule has 0 fully saturated rings. The van der Waals surface area contributed by atoms with Crippen molar-refractivity contribution in [3.05, 3.63) is 76.5 Å². The van der Waals surface area contributed by atoms with Crippen LogP contribution < -0.4 is 0 Å². The molecule has 6 heteroatoms. The summed E-state index contributed by atoms with van der Waals surface area (Å²) in [6.45, 7) is 3.59. The van der Waals surface area contributed by atoms with Gasteiger partial charge in [0, 0.05) is 5.39 Å². The fourth-order valence-corrected chi connectivity index (χ4v) is 2.95. The molecule has 3 aromatic rings. The summed E-state index contributed by atoms with van der Waals surface area (Å²) in [5.41, 5.74) is 2.68. The number of pyridine rings is 1. The monoisotopic (exact) mass is 374 g/mol. The van der Waals surface area contributed by atoms with Gasteiger partial charge < -0.3 is 9.47 Å². The van der Waals surface area contributed by atoms with Gasteiger partial charge in [0.1, 0.15) is 6.61 Å². The van der Waals surface area contributed by atoms with Gasteiger partial charge in [-0.25, -0.2) is 14.6 Å². The van der Waals surface area contributed by atoms with Crippen molar-refractivity contribution in [2.24, 2.45) is 0 Å². The summed E-state index contributed by atoms with van der Waals surface area (Å²) < 4.78 is 10.5. The van der Waals surface area contributed by atoms with Crippen molar-refractivity contribution in [1.82, 2.24) is 4.98 Å². The highest BCUT2D eigenvalue weighted by Crippen LogP contribution is 2.24. The van der Waals surface area contributed by atoms with Crippen LogP contribution in [0, 0.1) is 18.3 Å². The molecule has 0 N–H and O–H groups in total. The lowest BCUT2D eigenvalue weighted by atomic mass is 10.0. The van der Waals surface area contributed by atoms with Gasteiger partial charge in [-0.2, -0.15) is 5.26 Å². The molecule has 1 aromatic heterocycles. The van der Waals surface area contributed by atoms with E-state index in [9.17, 15) is 9.59 Å². The third-order valence-electron chi connectivity index (χ3n) is 4.27. The third kappa shape index (κ3) is 3.84. The molecule has 0 amide bonds. The molecule has 0 unspecified atom stereocenters. The van der Waals surface area contributed by atoms with E-state index in [1.165, 1.54) is 6.07 Å². The number of ether oxygens (including phenoxy) is 2. The van der Waals surface area contributed by atoms with E-state index < -0.39 is 11.9 Å². The first kappa shape index (κ1) is 19.1. The number of aromatic nitrogens is 1. The van der Waals surface area contributed by atoms with Crippen LogP contribution in [0.2, 0.25) is 0 Å². The number of esters is 2. The molecule has 2 aromatic carbocycles. The van der Waals surface area contributed by atoms with Crippen molar-refractivity contribution in [3.8, 4) is 6.07 Å². The minimum Gasteiger partial charge on any atom is -0.462 e. The van der Waals surface area contributed by atoms with Gasteiger partial charge in [-0.3, -0.25) is 0 Å². The fourth-order valence-electron chi connectivity index (χ4n) is 2.95. The lowest BCUT2D eigenvalue weighted by Gasteiger charge is -2.14. The number of hydrogen-bond acceptors (Lipinski definition) is 6. The molecule has 140 valence electrons. The molecule has 0 saturated carbocycles. The summed E-state index contributed by atoms with van der Waals surface area (Å²) in [5.74, 6) is -1.10. The average Bonchev–Trinajstić information content (AvgIpc) is 2.72. The van der Waals surface area contributed by atoms with Crippen molar-refractivity contribution in [2.45, 2.75) is 20.5 Å². The molecule has 0 aliphatic heterocycles. The smallest absolute Gasteiger partial charge is 0.340 e. The molecule has 0 atom stereocenters. The van der Waals surface area contributed by atoms with Gasteiger partial charge in [0.05, 0.1) is 40.6 Å². The lowest BCUT2D eigenvalue weighted by molar-refractivity contribution is 0.0444. The zero-order valence-corrected chi connectivity index (χ0v) is 15.6. The largest absolute Gasteiger partial charge is 0.462 e. The van der Waals surface area contributed by atoms with Crippen molar-refractivity contribution >= 4 is 22.8 Å². The van der Waals surface area contributed by atoms with E-state index in [1.807, 2.05) is 37.3 Å². The van der Waals surface area contributed by atoms with Crippen LogP contribution in [0.5, 0.6) is 0 Å². The van der Waals surface area contributed by atoms with Crippen LogP contribution >= 0.6 is 0 Å². The Labute approximate surface area is 162 Å². The molecule has 0 aliphatic rings. The Hall–Kier alpha value is -3.72. The second-order valence-electron chi connectivity index (χ2n) is 6.06. The summed E-state index contributed by atoms with van der Waals surface area (Å²) in [5, 5.41) is 9.80. The number of rotatable bonds is 5. The van der Waals surface area contributed by atoms with Gasteiger partial charge in [0.15, 0.2) is 0 Å². The molecule has 0 radical (unpaired) electrons. The van der Waals surface area contributed by atoms with Crippen molar-refractivity contribution < 1.29 is 19.1 Å². The van der Waals surface area contributed by atoms with Crippen LogP contribution in [0.15, 0.2) is 48.5 Å². The molecule has 3 rings (SSSR count). The van der Waals surface area contributed by atoms with Crippen molar-refractivity contribution in [2.75, 3.05) is 6.61 Å². The first-order chi connectivity index (χ1) is 13.5. The second kappa shape index (κ2) is 8.31. The normalized spacial score (nSPS) is 10.3. The Balaban J connectivity index is 1.95. The number of carbonyl (C=O) groups is 2. The number of carbonyl (C=O) groups excluding carboxylic acids is 2.